The van der Waals surface area contributed by atoms with Crippen molar-refractivity contribution in [2.75, 3.05) is 0 Å². The van der Waals surface area contributed by atoms with Gasteiger partial charge in [0.2, 0.25) is 5.91 Å². The van der Waals surface area contributed by atoms with Crippen molar-refractivity contribution >= 4 is 30.7 Å². The van der Waals surface area contributed by atoms with E-state index in [1.165, 1.54) is 5.56 Å². The molecule has 2 unspecified atom stereocenters. The minimum Gasteiger partial charge on any atom is -0.369 e. The van der Waals surface area contributed by atoms with Crippen molar-refractivity contribution in [2.24, 2.45) is 17.4 Å². The largest absolute Gasteiger partial charge is 0.369 e. The average molecular weight is 263 g/mol. The molecule has 4 N–H and O–H groups in total. The summed E-state index contributed by atoms with van der Waals surface area (Å²) < 4.78 is 0. The highest BCUT2D eigenvalue weighted by Crippen LogP contribution is 2.32. The molecule has 1 aromatic carbocycles. The third kappa shape index (κ3) is 2.67. The van der Waals surface area contributed by atoms with E-state index in [0.29, 0.717) is 0 Å². The molecule has 0 saturated heterocycles. The van der Waals surface area contributed by atoms with Gasteiger partial charge in [-0.15, -0.1) is 24.8 Å². The fourth-order valence-corrected chi connectivity index (χ4v) is 2.11. The van der Waals surface area contributed by atoms with Crippen LogP contribution in [0.4, 0.5) is 0 Å². The first-order valence-corrected chi connectivity index (χ1v) is 4.83. The lowest BCUT2D eigenvalue weighted by Crippen LogP contribution is -2.36. The molecule has 0 saturated carbocycles. The number of fused-ring (bicyclic) bond motifs is 1. The molecule has 1 aliphatic carbocycles. The number of amides is 1. The van der Waals surface area contributed by atoms with Crippen LogP contribution in [0.5, 0.6) is 0 Å². The van der Waals surface area contributed by atoms with Crippen LogP contribution in [-0.4, -0.2) is 5.91 Å². The molecular weight excluding hydrogens is 247 g/mol. The molecule has 1 aliphatic rings. The van der Waals surface area contributed by atoms with Gasteiger partial charge in [-0.1, -0.05) is 24.3 Å². The average Bonchev–Trinajstić information content (AvgIpc) is 2.18. The highest BCUT2D eigenvalue weighted by molar-refractivity contribution is 5.85. The fraction of sp³-hybridized carbons (Fsp3) is 0.364. The Kier molecular flexibility index (Phi) is 5.79. The Hall–Kier alpha value is -0.770. The van der Waals surface area contributed by atoms with Crippen LogP contribution >= 0.6 is 24.8 Å². The number of carbonyl (C=O) groups is 1. The third-order valence-electron chi connectivity index (χ3n) is 2.94. The highest BCUT2D eigenvalue weighted by atomic mass is 35.5. The van der Waals surface area contributed by atoms with Gasteiger partial charge in [0, 0.05) is 6.04 Å². The van der Waals surface area contributed by atoms with Gasteiger partial charge in [0.15, 0.2) is 0 Å². The zero-order valence-electron chi connectivity index (χ0n) is 8.76. The predicted molar refractivity (Wildman–Crippen MR) is 68.9 cm³/mol. The molecule has 90 valence electrons. The molecule has 0 radical (unpaired) electrons. The first-order chi connectivity index (χ1) is 6.70. The quantitative estimate of drug-likeness (QED) is 0.807. The topological polar surface area (TPSA) is 69.1 Å². The molecule has 0 aromatic heterocycles. The molecule has 3 nitrogen and oxygen atoms in total. The van der Waals surface area contributed by atoms with Crippen LogP contribution in [0, 0.1) is 5.92 Å². The third-order valence-corrected chi connectivity index (χ3v) is 2.94. The molecular formula is C11H16Cl2N2O. The van der Waals surface area contributed by atoms with Gasteiger partial charge in [-0.25, -0.2) is 0 Å². The summed E-state index contributed by atoms with van der Waals surface area (Å²) >= 11 is 0. The van der Waals surface area contributed by atoms with Gasteiger partial charge in [0.25, 0.3) is 0 Å². The van der Waals surface area contributed by atoms with Crippen LogP contribution in [0.1, 0.15) is 23.6 Å². The number of benzene rings is 1. The second kappa shape index (κ2) is 6.09. The molecule has 0 aliphatic heterocycles. The lowest BCUT2D eigenvalue weighted by Gasteiger charge is -2.28. The van der Waals surface area contributed by atoms with Crippen LogP contribution in [0.2, 0.25) is 0 Å². The van der Waals surface area contributed by atoms with E-state index in [2.05, 4.69) is 6.07 Å². The van der Waals surface area contributed by atoms with Crippen LogP contribution in [0.3, 0.4) is 0 Å². The van der Waals surface area contributed by atoms with Gasteiger partial charge in [0.05, 0.1) is 5.92 Å². The monoisotopic (exact) mass is 262 g/mol. The standard InChI is InChI=1S/C11H14N2O.2ClH/c12-10-8-4-2-1-3-7(8)5-6-9(10)11(13)14;;/h1-4,9-10H,5-6,12H2,(H2,13,14);2*1H. The molecule has 0 bridgehead atoms. The van der Waals surface area contributed by atoms with E-state index in [1.54, 1.807) is 0 Å². The highest BCUT2D eigenvalue weighted by Gasteiger charge is 2.29. The van der Waals surface area contributed by atoms with Gasteiger partial charge >= 0.3 is 0 Å². The number of aryl methyl sites for hydroxylation is 1. The first kappa shape index (κ1) is 15.2. The summed E-state index contributed by atoms with van der Waals surface area (Å²) in [5.74, 6) is -0.489. The maximum absolute atomic E-state index is 11.1. The summed E-state index contributed by atoms with van der Waals surface area (Å²) in [6, 6.07) is 7.76. The smallest absolute Gasteiger partial charge is 0.222 e. The van der Waals surface area contributed by atoms with Gasteiger partial charge in [0.1, 0.15) is 0 Å². The van der Waals surface area contributed by atoms with Crippen LogP contribution in [0.15, 0.2) is 24.3 Å². The molecule has 1 aromatic rings. The van der Waals surface area contributed by atoms with E-state index in [4.69, 9.17) is 11.5 Å². The number of halogens is 2. The van der Waals surface area contributed by atoms with Crippen molar-refractivity contribution in [3.05, 3.63) is 35.4 Å². The molecule has 0 heterocycles. The second-order valence-corrected chi connectivity index (χ2v) is 3.77. The Morgan fingerprint density at radius 2 is 1.88 bits per heavy atom. The van der Waals surface area contributed by atoms with Gasteiger partial charge < -0.3 is 11.5 Å². The van der Waals surface area contributed by atoms with Crippen molar-refractivity contribution in [2.45, 2.75) is 18.9 Å². The van der Waals surface area contributed by atoms with Gasteiger partial charge in [-0.05, 0) is 24.0 Å². The van der Waals surface area contributed by atoms with E-state index in [-0.39, 0.29) is 42.7 Å². The molecule has 5 heteroatoms. The van der Waals surface area contributed by atoms with E-state index < -0.39 is 0 Å². The Balaban J connectivity index is 0.00000112. The lowest BCUT2D eigenvalue weighted by molar-refractivity contribution is -0.122. The lowest BCUT2D eigenvalue weighted by atomic mass is 9.80. The minimum absolute atomic E-state index is 0. The normalized spacial score (nSPS) is 22.3. The number of nitrogens with two attached hydrogens (primary N) is 2. The van der Waals surface area contributed by atoms with E-state index in [1.807, 2.05) is 18.2 Å². The van der Waals surface area contributed by atoms with Crippen molar-refractivity contribution in [1.29, 1.82) is 0 Å². The van der Waals surface area contributed by atoms with Crippen LogP contribution < -0.4 is 11.5 Å². The van der Waals surface area contributed by atoms with Gasteiger partial charge in [-0.3, -0.25) is 4.79 Å². The summed E-state index contributed by atoms with van der Waals surface area (Å²) in [6.45, 7) is 0. The van der Waals surface area contributed by atoms with Crippen molar-refractivity contribution in [1.82, 2.24) is 0 Å². The van der Waals surface area contributed by atoms with Crippen molar-refractivity contribution in [3.63, 3.8) is 0 Å². The number of hydrogen-bond donors (Lipinski definition) is 2. The summed E-state index contributed by atoms with van der Waals surface area (Å²) in [5.41, 5.74) is 13.6. The number of hydrogen-bond acceptors (Lipinski definition) is 2. The minimum atomic E-state index is -0.285. The second-order valence-electron chi connectivity index (χ2n) is 3.77. The summed E-state index contributed by atoms with van der Waals surface area (Å²) in [5, 5.41) is 0. The van der Waals surface area contributed by atoms with Crippen LogP contribution in [-0.2, 0) is 11.2 Å². The SMILES string of the molecule is Cl.Cl.NC(=O)C1CCc2ccccc2C1N. The van der Waals surface area contributed by atoms with E-state index >= 15 is 0 Å². The number of primary amides is 1. The first-order valence-electron chi connectivity index (χ1n) is 4.83. The summed E-state index contributed by atoms with van der Waals surface area (Å²) in [7, 11) is 0. The molecule has 0 spiro atoms. The Morgan fingerprint density at radius 3 is 2.50 bits per heavy atom. The molecule has 0 fully saturated rings. The molecule has 1 amide bonds. The van der Waals surface area contributed by atoms with E-state index in [9.17, 15) is 4.79 Å². The van der Waals surface area contributed by atoms with Crippen molar-refractivity contribution < 1.29 is 4.79 Å². The Bertz CT molecular complexity index is 371. The zero-order valence-corrected chi connectivity index (χ0v) is 10.4. The zero-order chi connectivity index (χ0) is 10.1. The summed E-state index contributed by atoms with van der Waals surface area (Å²) in [6.07, 6.45) is 1.67. The van der Waals surface area contributed by atoms with Crippen LogP contribution in [0.25, 0.3) is 0 Å². The molecule has 2 rings (SSSR count). The van der Waals surface area contributed by atoms with E-state index in [0.717, 1.165) is 18.4 Å². The number of carbonyl (C=O) groups excluding carboxylic acids is 1. The maximum Gasteiger partial charge on any atom is 0.222 e. The maximum atomic E-state index is 11.1. The number of rotatable bonds is 1. The molecule has 2 atom stereocenters. The fourth-order valence-electron chi connectivity index (χ4n) is 2.11. The predicted octanol–water partition coefficient (Wildman–Crippen LogP) is 1.58. The van der Waals surface area contributed by atoms with Crippen molar-refractivity contribution in [3.8, 4) is 0 Å². The Labute approximate surface area is 107 Å². The Morgan fingerprint density at radius 1 is 1.25 bits per heavy atom. The van der Waals surface area contributed by atoms with Gasteiger partial charge in [-0.2, -0.15) is 0 Å². The molecule has 16 heavy (non-hydrogen) atoms. The summed E-state index contributed by atoms with van der Waals surface area (Å²) in [4.78, 5) is 11.1.